The smallest absolute Gasteiger partial charge is 0.220 e. The number of amides is 1. The van der Waals surface area contributed by atoms with E-state index in [9.17, 15) is 4.79 Å². The van der Waals surface area contributed by atoms with Crippen LogP contribution in [-0.4, -0.2) is 19.5 Å². The molecule has 2 atom stereocenters. The average molecular weight is 266 g/mol. The summed E-state index contributed by atoms with van der Waals surface area (Å²) in [6.07, 6.45) is 8.38. The zero-order valence-electron chi connectivity index (χ0n) is 12.6. The SMILES string of the molecule is C=C(C)CC(CNC)[C@H](CCC1CCCC1)C(N)=O. The van der Waals surface area contributed by atoms with Crippen LogP contribution in [0.15, 0.2) is 12.2 Å². The van der Waals surface area contributed by atoms with E-state index in [1.807, 2.05) is 14.0 Å². The molecule has 1 rings (SSSR count). The highest BCUT2D eigenvalue weighted by atomic mass is 16.1. The number of allylic oxidation sites excluding steroid dienone is 1. The Kier molecular flexibility index (Phi) is 7.14. The summed E-state index contributed by atoms with van der Waals surface area (Å²) in [5, 5.41) is 3.19. The van der Waals surface area contributed by atoms with E-state index in [0.29, 0.717) is 5.92 Å². The first-order valence-electron chi connectivity index (χ1n) is 7.62. The Morgan fingerprint density at radius 3 is 2.53 bits per heavy atom. The molecule has 1 saturated carbocycles. The number of carbonyl (C=O) groups excluding carboxylic acids is 1. The fourth-order valence-electron chi connectivity index (χ4n) is 3.39. The quantitative estimate of drug-likeness (QED) is 0.630. The molecule has 3 nitrogen and oxygen atoms in total. The van der Waals surface area contributed by atoms with Crippen molar-refractivity contribution in [2.45, 2.75) is 51.9 Å². The number of primary amides is 1. The largest absolute Gasteiger partial charge is 0.369 e. The fraction of sp³-hybridized carbons (Fsp3) is 0.812. The lowest BCUT2D eigenvalue weighted by Gasteiger charge is -2.26. The van der Waals surface area contributed by atoms with Gasteiger partial charge < -0.3 is 11.1 Å². The van der Waals surface area contributed by atoms with Crippen LogP contribution in [0.1, 0.15) is 51.9 Å². The van der Waals surface area contributed by atoms with Crippen molar-refractivity contribution in [1.82, 2.24) is 5.32 Å². The normalized spacial score (nSPS) is 19.3. The molecule has 1 amide bonds. The van der Waals surface area contributed by atoms with Crippen molar-refractivity contribution in [3.63, 3.8) is 0 Å². The third kappa shape index (κ3) is 5.77. The van der Waals surface area contributed by atoms with Crippen LogP contribution in [0.25, 0.3) is 0 Å². The van der Waals surface area contributed by atoms with Crippen LogP contribution in [0.4, 0.5) is 0 Å². The molecular weight excluding hydrogens is 236 g/mol. The van der Waals surface area contributed by atoms with Crippen molar-refractivity contribution < 1.29 is 4.79 Å². The van der Waals surface area contributed by atoms with E-state index < -0.39 is 0 Å². The molecule has 0 aromatic carbocycles. The van der Waals surface area contributed by atoms with Crippen LogP contribution in [0.2, 0.25) is 0 Å². The number of carbonyl (C=O) groups is 1. The first kappa shape index (κ1) is 16.2. The van der Waals surface area contributed by atoms with E-state index in [1.54, 1.807) is 0 Å². The van der Waals surface area contributed by atoms with Crippen LogP contribution in [0, 0.1) is 17.8 Å². The topological polar surface area (TPSA) is 55.1 Å². The van der Waals surface area contributed by atoms with Gasteiger partial charge in [0, 0.05) is 5.92 Å². The molecule has 0 heterocycles. The number of rotatable bonds is 9. The van der Waals surface area contributed by atoms with Gasteiger partial charge in [0.1, 0.15) is 0 Å². The van der Waals surface area contributed by atoms with Crippen molar-refractivity contribution in [2.75, 3.05) is 13.6 Å². The van der Waals surface area contributed by atoms with E-state index in [4.69, 9.17) is 5.73 Å². The molecule has 110 valence electrons. The Morgan fingerprint density at radius 1 is 1.42 bits per heavy atom. The van der Waals surface area contributed by atoms with Crippen molar-refractivity contribution in [3.8, 4) is 0 Å². The van der Waals surface area contributed by atoms with Gasteiger partial charge in [-0.1, -0.05) is 31.3 Å². The summed E-state index contributed by atoms with van der Waals surface area (Å²) >= 11 is 0. The van der Waals surface area contributed by atoms with Gasteiger partial charge in [0.15, 0.2) is 0 Å². The molecule has 0 aromatic heterocycles. The van der Waals surface area contributed by atoms with Gasteiger partial charge in [-0.25, -0.2) is 0 Å². The summed E-state index contributed by atoms with van der Waals surface area (Å²) in [6, 6.07) is 0. The van der Waals surface area contributed by atoms with Crippen molar-refractivity contribution >= 4 is 5.91 Å². The Hall–Kier alpha value is -0.830. The third-order valence-corrected chi connectivity index (χ3v) is 4.37. The zero-order valence-corrected chi connectivity index (χ0v) is 12.6. The Labute approximate surface area is 118 Å². The van der Waals surface area contributed by atoms with Gasteiger partial charge >= 0.3 is 0 Å². The van der Waals surface area contributed by atoms with Crippen LogP contribution < -0.4 is 11.1 Å². The molecule has 0 aliphatic heterocycles. The summed E-state index contributed by atoms with van der Waals surface area (Å²) in [5.41, 5.74) is 6.76. The summed E-state index contributed by atoms with van der Waals surface area (Å²) in [4.78, 5) is 11.8. The van der Waals surface area contributed by atoms with Gasteiger partial charge in [0.25, 0.3) is 0 Å². The lowest BCUT2D eigenvalue weighted by molar-refractivity contribution is -0.123. The molecule has 0 spiro atoms. The minimum atomic E-state index is -0.139. The summed E-state index contributed by atoms with van der Waals surface area (Å²) in [6.45, 7) is 6.84. The standard InChI is InChI=1S/C16H30N2O/c1-12(2)10-14(11-18-3)15(16(17)19)9-8-13-6-4-5-7-13/h13-15,18H,1,4-11H2,2-3H3,(H2,17,19)/t14?,15-/m0/s1. The van der Waals surface area contributed by atoms with Crippen LogP contribution in [0.3, 0.4) is 0 Å². The molecule has 0 aromatic rings. The molecule has 0 radical (unpaired) electrons. The van der Waals surface area contributed by atoms with Gasteiger partial charge in [-0.05, 0) is 51.6 Å². The molecule has 1 fully saturated rings. The zero-order chi connectivity index (χ0) is 14.3. The molecular formula is C16H30N2O. The number of hydrogen-bond donors (Lipinski definition) is 2. The lowest BCUT2D eigenvalue weighted by Crippen LogP contribution is -2.35. The second kappa shape index (κ2) is 8.36. The second-order valence-electron chi connectivity index (χ2n) is 6.22. The fourth-order valence-corrected chi connectivity index (χ4v) is 3.39. The van der Waals surface area contributed by atoms with Crippen molar-refractivity contribution in [3.05, 3.63) is 12.2 Å². The lowest BCUT2D eigenvalue weighted by atomic mass is 9.81. The third-order valence-electron chi connectivity index (χ3n) is 4.37. The molecule has 0 saturated heterocycles. The Morgan fingerprint density at radius 2 is 2.05 bits per heavy atom. The van der Waals surface area contributed by atoms with Crippen molar-refractivity contribution in [1.29, 1.82) is 0 Å². The first-order valence-corrected chi connectivity index (χ1v) is 7.62. The Bertz CT molecular complexity index is 295. The van der Waals surface area contributed by atoms with Crippen molar-refractivity contribution in [2.24, 2.45) is 23.5 Å². The van der Waals surface area contributed by atoms with E-state index in [1.165, 1.54) is 25.7 Å². The molecule has 0 bridgehead atoms. The molecule has 1 unspecified atom stereocenters. The van der Waals surface area contributed by atoms with Gasteiger partial charge in [0.05, 0.1) is 0 Å². The van der Waals surface area contributed by atoms with E-state index in [2.05, 4.69) is 11.9 Å². The molecule has 3 heteroatoms. The molecule has 1 aliphatic rings. The van der Waals surface area contributed by atoms with E-state index >= 15 is 0 Å². The van der Waals surface area contributed by atoms with Crippen LogP contribution >= 0.6 is 0 Å². The van der Waals surface area contributed by atoms with Gasteiger partial charge in [-0.2, -0.15) is 0 Å². The average Bonchev–Trinajstić information content (AvgIpc) is 2.81. The van der Waals surface area contributed by atoms with Gasteiger partial charge in [-0.15, -0.1) is 6.58 Å². The number of hydrogen-bond acceptors (Lipinski definition) is 2. The predicted molar refractivity (Wildman–Crippen MR) is 80.7 cm³/mol. The predicted octanol–water partition coefficient (Wildman–Crippen LogP) is 2.86. The van der Waals surface area contributed by atoms with Gasteiger partial charge in [-0.3, -0.25) is 4.79 Å². The van der Waals surface area contributed by atoms with E-state index in [-0.39, 0.29) is 11.8 Å². The highest BCUT2D eigenvalue weighted by Gasteiger charge is 2.27. The summed E-state index contributed by atoms with van der Waals surface area (Å²) in [5.74, 6) is 0.965. The maximum Gasteiger partial charge on any atom is 0.220 e. The van der Waals surface area contributed by atoms with E-state index in [0.717, 1.165) is 37.3 Å². The minimum Gasteiger partial charge on any atom is -0.369 e. The molecule has 1 aliphatic carbocycles. The minimum absolute atomic E-state index is 0.00949. The highest BCUT2D eigenvalue weighted by Crippen LogP contribution is 2.32. The maximum atomic E-state index is 11.8. The van der Waals surface area contributed by atoms with Crippen LogP contribution in [-0.2, 0) is 4.79 Å². The highest BCUT2D eigenvalue weighted by molar-refractivity contribution is 5.77. The maximum absolute atomic E-state index is 11.8. The first-order chi connectivity index (χ1) is 9.04. The second-order valence-corrected chi connectivity index (χ2v) is 6.22. The number of nitrogens with one attached hydrogen (secondary N) is 1. The Balaban J connectivity index is 2.55. The molecule has 19 heavy (non-hydrogen) atoms. The monoisotopic (exact) mass is 266 g/mol. The summed E-state index contributed by atoms with van der Waals surface area (Å²) < 4.78 is 0. The molecule has 3 N–H and O–H groups in total. The number of nitrogens with two attached hydrogens (primary N) is 1. The summed E-state index contributed by atoms with van der Waals surface area (Å²) in [7, 11) is 1.93. The van der Waals surface area contributed by atoms with Gasteiger partial charge in [0.2, 0.25) is 5.91 Å². The van der Waals surface area contributed by atoms with Crippen LogP contribution in [0.5, 0.6) is 0 Å².